The van der Waals surface area contributed by atoms with Crippen LogP contribution in [-0.4, -0.2) is 44.4 Å². The maximum absolute atomic E-state index is 11.9. The number of hydrogen-bond acceptors (Lipinski definition) is 6. The highest BCUT2D eigenvalue weighted by atomic mass is 35.5. The fraction of sp³-hybridized carbons (Fsp3) is 0.474. The van der Waals surface area contributed by atoms with E-state index in [9.17, 15) is 12.6 Å². The Kier molecular flexibility index (Phi) is 6.33. The Morgan fingerprint density at radius 2 is 2.00 bits per heavy atom. The van der Waals surface area contributed by atoms with E-state index < -0.39 is 25.6 Å². The number of sulfone groups is 1. The van der Waals surface area contributed by atoms with Gasteiger partial charge in [-0.25, -0.2) is 22.6 Å². The van der Waals surface area contributed by atoms with E-state index in [2.05, 4.69) is 9.97 Å². The molecule has 0 saturated heterocycles. The number of hydrogen-bond donors (Lipinski definition) is 1. The van der Waals surface area contributed by atoms with E-state index in [1.54, 1.807) is 51.4 Å². The van der Waals surface area contributed by atoms with Crippen molar-refractivity contribution >= 4 is 49.3 Å². The van der Waals surface area contributed by atoms with E-state index in [0.717, 1.165) is 10.9 Å². The predicted octanol–water partition coefficient (Wildman–Crippen LogP) is 3.04. The van der Waals surface area contributed by atoms with Gasteiger partial charge in [-0.3, -0.25) is 5.14 Å². The molecule has 1 aliphatic carbocycles. The zero-order valence-electron chi connectivity index (χ0n) is 16.5. The Hall–Kier alpha value is -1.55. The number of aromatic nitrogens is 2. The number of halogens is 1. The van der Waals surface area contributed by atoms with Gasteiger partial charge in [-0.2, -0.15) is 0 Å². The molecule has 2 aromatic heterocycles. The molecule has 29 heavy (non-hydrogen) atoms. The minimum Gasteiger partial charge on any atom is -0.474 e. The molecule has 0 spiro atoms. The zero-order valence-corrected chi connectivity index (χ0v) is 18.9. The van der Waals surface area contributed by atoms with Gasteiger partial charge in [0.1, 0.15) is 11.3 Å². The second-order valence-electron chi connectivity index (χ2n) is 7.59. The maximum atomic E-state index is 11.9. The third-order valence-corrected chi connectivity index (χ3v) is 8.74. The Labute approximate surface area is 178 Å². The Morgan fingerprint density at radius 3 is 2.62 bits per heavy atom. The number of nitrogens with two attached hydrogens (primary N) is 1. The quantitative estimate of drug-likeness (QED) is 0.639. The highest BCUT2D eigenvalue weighted by Gasteiger charge is 2.39. The van der Waals surface area contributed by atoms with Crippen molar-refractivity contribution in [1.82, 2.24) is 9.97 Å². The van der Waals surface area contributed by atoms with Gasteiger partial charge in [0.15, 0.2) is 9.84 Å². The summed E-state index contributed by atoms with van der Waals surface area (Å²) in [6, 6.07) is 1.71. The van der Waals surface area contributed by atoms with E-state index in [-0.39, 0.29) is 17.1 Å². The van der Waals surface area contributed by atoms with Crippen molar-refractivity contribution in [1.29, 1.82) is 0 Å². The molecule has 0 radical (unpaired) electrons. The first kappa shape index (κ1) is 22.1. The van der Waals surface area contributed by atoms with Crippen LogP contribution in [0.5, 0.6) is 5.88 Å². The highest BCUT2D eigenvalue weighted by molar-refractivity contribution is 7.92. The SMILES string of the molecule is CCS(=O)(=O)C1CC(Oc2ncc(/C=C/C(C)(C)S(N)=O)c3cc(Cl)ncc23)C1. The molecule has 10 heteroatoms. The fourth-order valence-corrected chi connectivity index (χ4v) is 4.84. The molecule has 7 nitrogen and oxygen atoms in total. The molecule has 2 aromatic rings. The van der Waals surface area contributed by atoms with Gasteiger partial charge in [-0.05, 0) is 19.9 Å². The van der Waals surface area contributed by atoms with Gasteiger partial charge in [-0.1, -0.05) is 30.7 Å². The molecule has 1 atom stereocenters. The Bertz CT molecular complexity index is 1080. The number of fused-ring (bicyclic) bond motifs is 1. The lowest BCUT2D eigenvalue weighted by molar-refractivity contribution is 0.119. The van der Waals surface area contributed by atoms with Crippen molar-refractivity contribution in [3.63, 3.8) is 0 Å². The first-order valence-electron chi connectivity index (χ1n) is 9.21. The molecule has 2 heterocycles. The average molecular weight is 458 g/mol. The summed E-state index contributed by atoms with van der Waals surface area (Å²) < 4.78 is 40.8. The zero-order chi connectivity index (χ0) is 21.4. The minimum atomic E-state index is -3.04. The molecule has 0 aliphatic heterocycles. The summed E-state index contributed by atoms with van der Waals surface area (Å²) in [5.74, 6) is 0.527. The molecular weight excluding hydrogens is 434 g/mol. The lowest BCUT2D eigenvalue weighted by atomic mass is 9.95. The Balaban J connectivity index is 1.88. The van der Waals surface area contributed by atoms with Crippen LogP contribution in [0.15, 0.2) is 24.5 Å². The van der Waals surface area contributed by atoms with Gasteiger partial charge in [0.2, 0.25) is 5.88 Å². The molecule has 158 valence electrons. The standard InChI is InChI=1S/C19H24ClN3O4S2/c1-4-29(25,26)14-7-13(8-14)27-18-16-11-22-17(20)9-15(16)12(10-23-18)5-6-19(2,3)28(21)24/h5-6,9-11,13-14H,4,7-8,21H2,1-3H3/b6-5+. The van der Waals surface area contributed by atoms with Crippen LogP contribution >= 0.6 is 11.6 Å². The van der Waals surface area contributed by atoms with Gasteiger partial charge >= 0.3 is 0 Å². The second-order valence-corrected chi connectivity index (χ2v) is 12.2. The van der Waals surface area contributed by atoms with Crippen LogP contribution in [0.25, 0.3) is 16.8 Å². The van der Waals surface area contributed by atoms with Crippen molar-refractivity contribution in [2.45, 2.75) is 49.7 Å². The van der Waals surface area contributed by atoms with Crippen molar-refractivity contribution in [2.24, 2.45) is 5.14 Å². The largest absolute Gasteiger partial charge is 0.474 e. The third-order valence-electron chi connectivity index (χ3n) is 5.16. The maximum Gasteiger partial charge on any atom is 0.223 e. The summed E-state index contributed by atoms with van der Waals surface area (Å²) in [4.78, 5) is 8.52. The van der Waals surface area contributed by atoms with Gasteiger partial charge in [0.25, 0.3) is 0 Å². The van der Waals surface area contributed by atoms with Crippen molar-refractivity contribution in [2.75, 3.05) is 5.75 Å². The monoisotopic (exact) mass is 457 g/mol. The average Bonchev–Trinajstić information content (AvgIpc) is 2.62. The number of ether oxygens (including phenoxy) is 1. The summed E-state index contributed by atoms with van der Waals surface area (Å²) in [5.41, 5.74) is 0.759. The van der Waals surface area contributed by atoms with E-state index in [4.69, 9.17) is 21.5 Å². The molecular formula is C19H24ClN3O4S2. The summed E-state index contributed by atoms with van der Waals surface area (Å²) in [6.07, 6.45) is 7.50. The summed E-state index contributed by atoms with van der Waals surface area (Å²) in [7, 11) is -4.57. The van der Waals surface area contributed by atoms with Crippen LogP contribution in [0.2, 0.25) is 5.15 Å². The molecule has 3 rings (SSSR count). The molecule has 0 aromatic carbocycles. The van der Waals surface area contributed by atoms with Crippen LogP contribution in [0.4, 0.5) is 0 Å². The smallest absolute Gasteiger partial charge is 0.223 e. The fourth-order valence-electron chi connectivity index (χ4n) is 2.99. The molecule has 1 fully saturated rings. The minimum absolute atomic E-state index is 0.138. The molecule has 0 amide bonds. The van der Waals surface area contributed by atoms with Crippen molar-refractivity contribution in [3.05, 3.63) is 35.3 Å². The topological polar surface area (TPSA) is 112 Å². The number of pyridine rings is 2. The van der Waals surface area contributed by atoms with Gasteiger partial charge in [0.05, 0.1) is 26.4 Å². The highest BCUT2D eigenvalue weighted by Crippen LogP contribution is 2.34. The first-order chi connectivity index (χ1) is 13.5. The van der Waals surface area contributed by atoms with Crippen LogP contribution in [0, 0.1) is 0 Å². The molecule has 1 saturated carbocycles. The molecule has 1 unspecified atom stereocenters. The predicted molar refractivity (Wildman–Crippen MR) is 117 cm³/mol. The summed E-state index contributed by atoms with van der Waals surface area (Å²) in [6.45, 7) is 5.21. The van der Waals surface area contributed by atoms with Gasteiger partial charge in [0, 0.05) is 41.9 Å². The first-order valence-corrected chi connectivity index (χ1v) is 12.5. The van der Waals surface area contributed by atoms with Crippen molar-refractivity contribution in [3.8, 4) is 5.88 Å². The van der Waals surface area contributed by atoms with Gasteiger partial charge in [-0.15, -0.1) is 0 Å². The van der Waals surface area contributed by atoms with Crippen LogP contribution in [0.3, 0.4) is 0 Å². The third kappa shape index (κ3) is 4.79. The van der Waals surface area contributed by atoms with E-state index in [1.165, 1.54) is 0 Å². The molecule has 2 N–H and O–H groups in total. The van der Waals surface area contributed by atoms with Crippen LogP contribution in [0.1, 0.15) is 39.2 Å². The lowest BCUT2D eigenvalue weighted by Gasteiger charge is -2.34. The second kappa shape index (κ2) is 8.29. The van der Waals surface area contributed by atoms with E-state index >= 15 is 0 Å². The van der Waals surface area contributed by atoms with E-state index in [1.807, 2.05) is 0 Å². The number of nitrogens with zero attached hydrogens (tertiary/aromatic N) is 2. The normalized spacial score (nSPS) is 21.3. The Morgan fingerprint density at radius 1 is 1.31 bits per heavy atom. The van der Waals surface area contributed by atoms with E-state index in [0.29, 0.717) is 29.3 Å². The van der Waals surface area contributed by atoms with Crippen LogP contribution < -0.4 is 9.88 Å². The summed E-state index contributed by atoms with van der Waals surface area (Å²) in [5, 5.41) is 6.96. The summed E-state index contributed by atoms with van der Waals surface area (Å²) >= 11 is 6.08. The molecule has 1 aliphatic rings. The molecule has 0 bridgehead atoms. The number of rotatable bonds is 7. The van der Waals surface area contributed by atoms with Crippen molar-refractivity contribution < 1.29 is 17.4 Å². The van der Waals surface area contributed by atoms with Gasteiger partial charge < -0.3 is 4.74 Å². The van der Waals surface area contributed by atoms with Crippen LogP contribution in [-0.2, 0) is 20.8 Å². The lowest BCUT2D eigenvalue weighted by Crippen LogP contribution is -2.43.